The van der Waals surface area contributed by atoms with Crippen molar-refractivity contribution in [3.63, 3.8) is 0 Å². The first-order valence-electron chi connectivity index (χ1n) is 12.3. The Bertz CT molecular complexity index is 1750. The van der Waals surface area contributed by atoms with E-state index in [2.05, 4.69) is 36.0 Å². The number of nitrogens with zero attached hydrogens (tertiary/aromatic N) is 8. The Hall–Kier alpha value is -4.77. The van der Waals surface area contributed by atoms with Crippen LogP contribution in [-0.2, 0) is 4.79 Å². The van der Waals surface area contributed by atoms with Crippen LogP contribution in [0, 0.1) is 17.2 Å². The van der Waals surface area contributed by atoms with Crippen LogP contribution in [-0.4, -0.2) is 65.0 Å². The molecule has 0 saturated carbocycles. The van der Waals surface area contributed by atoms with E-state index in [-0.39, 0.29) is 12.0 Å². The van der Waals surface area contributed by atoms with Gasteiger partial charge >= 0.3 is 12.1 Å². The standard InChI is InChI=1S/C24H20ClN9.C2HF3O2/c25-19-3-1-2-15-10-28-24(32-22(15)19)33-9-6-16(12-33)20(4-7-26)34-13-17(11-31-34)21-18-5-8-27-23(18)30-14-29-21;3-2(4,5)1(6)7/h1-3,5,8,10-11,13-14,16,20H,4,6,9,12H2,(H,27,29,30);(H,6,7). The van der Waals surface area contributed by atoms with E-state index in [1.807, 2.05) is 47.5 Å². The molecule has 0 radical (unpaired) electrons. The third kappa shape index (κ3) is 5.90. The summed E-state index contributed by atoms with van der Waals surface area (Å²) >= 11 is 6.35. The number of H-pyrrole nitrogens is 1. The number of para-hydroxylation sites is 1. The molecule has 0 bridgehead atoms. The van der Waals surface area contributed by atoms with Gasteiger partial charge in [0.15, 0.2) is 0 Å². The van der Waals surface area contributed by atoms with E-state index in [9.17, 15) is 18.4 Å². The summed E-state index contributed by atoms with van der Waals surface area (Å²) in [5.41, 5.74) is 3.26. The molecular weight excluding hydrogens is 563 g/mol. The van der Waals surface area contributed by atoms with Crippen molar-refractivity contribution in [1.29, 1.82) is 5.26 Å². The predicted molar refractivity (Wildman–Crippen MR) is 143 cm³/mol. The third-order valence-corrected chi connectivity index (χ3v) is 7.02. The second-order valence-electron chi connectivity index (χ2n) is 9.25. The molecule has 2 N–H and O–H groups in total. The van der Waals surface area contributed by atoms with Crippen LogP contribution in [0.15, 0.2) is 55.4 Å². The number of nitriles is 1. The van der Waals surface area contributed by atoms with E-state index in [0.29, 0.717) is 17.4 Å². The van der Waals surface area contributed by atoms with Crippen molar-refractivity contribution in [3.8, 4) is 17.3 Å². The van der Waals surface area contributed by atoms with Gasteiger partial charge in [-0.3, -0.25) is 4.68 Å². The van der Waals surface area contributed by atoms with Crippen molar-refractivity contribution < 1.29 is 23.1 Å². The summed E-state index contributed by atoms with van der Waals surface area (Å²) in [6.45, 7) is 1.56. The normalized spacial score (nSPS) is 15.9. The summed E-state index contributed by atoms with van der Waals surface area (Å²) in [5, 5.41) is 23.8. The summed E-state index contributed by atoms with van der Waals surface area (Å²) in [5.74, 6) is -1.86. The maximum atomic E-state index is 10.6. The monoisotopic (exact) mass is 583 g/mol. The van der Waals surface area contributed by atoms with Gasteiger partial charge in [0.05, 0.1) is 41.0 Å². The van der Waals surface area contributed by atoms with Gasteiger partial charge in [0.2, 0.25) is 5.95 Å². The molecule has 1 aliphatic rings. The number of hydrogen-bond donors (Lipinski definition) is 2. The number of carbonyl (C=O) groups is 1. The minimum Gasteiger partial charge on any atom is -0.475 e. The summed E-state index contributed by atoms with van der Waals surface area (Å²) in [4.78, 5) is 32.2. The molecule has 11 nitrogen and oxygen atoms in total. The van der Waals surface area contributed by atoms with Gasteiger partial charge in [-0.05, 0) is 18.6 Å². The topological polar surface area (TPSA) is 150 Å². The molecule has 1 aromatic carbocycles. The summed E-state index contributed by atoms with van der Waals surface area (Å²) < 4.78 is 33.6. The quantitative estimate of drug-likeness (QED) is 0.290. The Morgan fingerprint density at radius 3 is 2.80 bits per heavy atom. The maximum Gasteiger partial charge on any atom is 0.490 e. The van der Waals surface area contributed by atoms with Gasteiger partial charge in [-0.2, -0.15) is 23.5 Å². The van der Waals surface area contributed by atoms with E-state index in [1.54, 1.807) is 12.5 Å². The average molecular weight is 584 g/mol. The Balaban J connectivity index is 0.000000431. The molecule has 0 aliphatic carbocycles. The van der Waals surface area contributed by atoms with Crippen molar-refractivity contribution >= 4 is 45.5 Å². The van der Waals surface area contributed by atoms with Crippen LogP contribution in [0.3, 0.4) is 0 Å². The Kier molecular flexibility index (Phi) is 7.71. The summed E-state index contributed by atoms with van der Waals surface area (Å²) in [7, 11) is 0. The fraction of sp³-hybridized carbons (Fsp3) is 0.269. The Morgan fingerprint density at radius 1 is 1.24 bits per heavy atom. The van der Waals surface area contributed by atoms with Gasteiger partial charge in [-0.1, -0.05) is 23.7 Å². The van der Waals surface area contributed by atoms with Crippen LogP contribution in [0.5, 0.6) is 0 Å². The molecule has 6 rings (SSSR count). The second-order valence-corrected chi connectivity index (χ2v) is 9.65. The number of fused-ring (bicyclic) bond motifs is 2. The fourth-order valence-corrected chi connectivity index (χ4v) is 4.98. The van der Waals surface area contributed by atoms with Crippen molar-refractivity contribution in [2.75, 3.05) is 18.0 Å². The van der Waals surface area contributed by atoms with Gasteiger partial charge in [-0.15, -0.1) is 0 Å². The maximum absolute atomic E-state index is 10.6. The number of alkyl halides is 3. The molecule has 4 aromatic heterocycles. The Labute approximate surface area is 235 Å². The van der Waals surface area contributed by atoms with Crippen LogP contribution in [0.1, 0.15) is 18.9 Å². The molecular formula is C26H21ClF3N9O2. The lowest BCUT2D eigenvalue weighted by Crippen LogP contribution is -2.26. The zero-order valence-electron chi connectivity index (χ0n) is 21.1. The molecule has 5 aromatic rings. The number of aliphatic carboxylic acids is 1. The lowest BCUT2D eigenvalue weighted by Gasteiger charge is -2.22. The number of rotatable bonds is 5. The van der Waals surface area contributed by atoms with Gasteiger partial charge in [0, 0.05) is 53.9 Å². The number of aromatic amines is 1. The molecule has 5 heterocycles. The number of hydrogen-bond acceptors (Lipinski definition) is 8. The van der Waals surface area contributed by atoms with Crippen molar-refractivity contribution in [1.82, 2.24) is 34.7 Å². The summed E-state index contributed by atoms with van der Waals surface area (Å²) in [6.07, 6.45) is 5.19. The number of halogens is 4. The first-order valence-corrected chi connectivity index (χ1v) is 12.7. The highest BCUT2D eigenvalue weighted by Crippen LogP contribution is 2.34. The lowest BCUT2D eigenvalue weighted by molar-refractivity contribution is -0.192. The van der Waals surface area contributed by atoms with Crippen LogP contribution in [0.4, 0.5) is 19.1 Å². The second kappa shape index (κ2) is 11.4. The van der Waals surface area contributed by atoms with E-state index < -0.39 is 12.1 Å². The number of aromatic nitrogens is 7. The summed E-state index contributed by atoms with van der Waals surface area (Å²) in [6, 6.07) is 9.93. The van der Waals surface area contributed by atoms with Gasteiger partial charge in [0.1, 0.15) is 12.0 Å². The highest BCUT2D eigenvalue weighted by molar-refractivity contribution is 6.35. The number of carboxylic acids is 1. The van der Waals surface area contributed by atoms with Crippen molar-refractivity contribution in [2.24, 2.45) is 5.92 Å². The van der Waals surface area contributed by atoms with Crippen molar-refractivity contribution in [3.05, 3.63) is 60.4 Å². The molecule has 1 aliphatic heterocycles. The molecule has 2 atom stereocenters. The van der Waals surface area contributed by atoms with Gasteiger partial charge in [0.25, 0.3) is 0 Å². The molecule has 210 valence electrons. The van der Waals surface area contributed by atoms with Crippen LogP contribution >= 0.6 is 11.6 Å². The van der Waals surface area contributed by atoms with Crippen LogP contribution < -0.4 is 4.90 Å². The number of nitrogens with one attached hydrogen (secondary N) is 1. The highest BCUT2D eigenvalue weighted by Gasteiger charge is 2.38. The number of benzene rings is 1. The lowest BCUT2D eigenvalue weighted by atomic mass is 9.96. The van der Waals surface area contributed by atoms with Crippen LogP contribution in [0.2, 0.25) is 5.02 Å². The van der Waals surface area contributed by atoms with Crippen molar-refractivity contribution in [2.45, 2.75) is 25.1 Å². The molecule has 41 heavy (non-hydrogen) atoms. The molecule has 1 fully saturated rings. The first kappa shape index (κ1) is 27.8. The van der Waals surface area contributed by atoms with E-state index in [4.69, 9.17) is 26.5 Å². The van der Waals surface area contributed by atoms with Gasteiger partial charge < -0.3 is 15.0 Å². The zero-order valence-corrected chi connectivity index (χ0v) is 21.9. The predicted octanol–water partition coefficient (Wildman–Crippen LogP) is 5.03. The molecule has 15 heteroatoms. The van der Waals surface area contributed by atoms with Gasteiger partial charge in [-0.25, -0.2) is 24.7 Å². The van der Waals surface area contributed by atoms with Crippen LogP contribution in [0.25, 0.3) is 33.2 Å². The minimum atomic E-state index is -5.08. The smallest absolute Gasteiger partial charge is 0.475 e. The third-order valence-electron chi connectivity index (χ3n) is 6.71. The zero-order chi connectivity index (χ0) is 29.1. The van der Waals surface area contributed by atoms with E-state index >= 15 is 0 Å². The number of carboxylic acid groups (broad SMARTS) is 1. The van der Waals surface area contributed by atoms with E-state index in [0.717, 1.165) is 52.7 Å². The largest absolute Gasteiger partial charge is 0.490 e. The molecule has 1 saturated heterocycles. The van der Waals surface area contributed by atoms with E-state index in [1.165, 1.54) is 0 Å². The molecule has 0 spiro atoms. The first-order chi connectivity index (χ1) is 19.7. The SMILES string of the molecule is N#CCC(C1CCN(c2ncc3cccc(Cl)c3n2)C1)n1cc(-c2ncnc3[nH]ccc23)cn1.O=C(O)C(F)(F)F. The number of anilines is 1. The minimum absolute atomic E-state index is 0.0589. The molecule has 2 unspecified atom stereocenters. The average Bonchev–Trinajstić information content (AvgIpc) is 3.73. The molecule has 0 amide bonds. The highest BCUT2D eigenvalue weighted by atomic mass is 35.5. The fourth-order valence-electron chi connectivity index (χ4n) is 4.76. The Morgan fingerprint density at radius 2 is 2.05 bits per heavy atom.